The second-order valence-electron chi connectivity index (χ2n) is 3.69. The van der Waals surface area contributed by atoms with Crippen LogP contribution in [-0.4, -0.2) is 29.5 Å². The highest BCUT2D eigenvalue weighted by Crippen LogP contribution is 2.13. The fourth-order valence-electron chi connectivity index (χ4n) is 1.33. The highest BCUT2D eigenvalue weighted by Gasteiger charge is 2.11. The van der Waals surface area contributed by atoms with Gasteiger partial charge in [0.25, 0.3) is 5.91 Å². The zero-order valence-corrected chi connectivity index (χ0v) is 11.5. The molecule has 0 atom stereocenters. The van der Waals surface area contributed by atoms with Gasteiger partial charge >= 0.3 is 0 Å². The van der Waals surface area contributed by atoms with Gasteiger partial charge in [0.15, 0.2) is 0 Å². The zero-order chi connectivity index (χ0) is 12.8. The van der Waals surface area contributed by atoms with Crippen LogP contribution in [0.1, 0.15) is 23.8 Å². The number of rotatable bonds is 5. The number of aryl methyl sites for hydroxylation is 1. The Kier molecular flexibility index (Phi) is 5.21. The van der Waals surface area contributed by atoms with Gasteiger partial charge in [-0.25, -0.2) is 0 Å². The molecule has 0 saturated carbocycles. The molecule has 0 radical (unpaired) electrons. The number of carbonyl (C=O) groups excluding carboxylic acids is 2. The van der Waals surface area contributed by atoms with Crippen LogP contribution in [0.2, 0.25) is 0 Å². The minimum Gasteiger partial charge on any atom is -0.355 e. The lowest BCUT2D eigenvalue weighted by Crippen LogP contribution is -2.37. The maximum Gasteiger partial charge on any atom is 0.268 e. The van der Waals surface area contributed by atoms with Gasteiger partial charge in [-0.2, -0.15) is 0 Å². The number of aromatic nitrogens is 1. The molecule has 1 aromatic heterocycles. The molecule has 1 heterocycles. The number of nitrogens with zero attached hydrogens (tertiary/aromatic N) is 1. The van der Waals surface area contributed by atoms with Gasteiger partial charge in [0, 0.05) is 24.3 Å². The largest absolute Gasteiger partial charge is 0.355 e. The Bertz CT molecular complexity index is 415. The molecule has 2 N–H and O–H groups in total. The predicted molar refractivity (Wildman–Crippen MR) is 68.7 cm³/mol. The zero-order valence-electron chi connectivity index (χ0n) is 9.92. The van der Waals surface area contributed by atoms with Crippen LogP contribution in [0.5, 0.6) is 0 Å². The van der Waals surface area contributed by atoms with Gasteiger partial charge in [-0.1, -0.05) is 6.92 Å². The van der Waals surface area contributed by atoms with E-state index in [-0.39, 0.29) is 18.4 Å². The summed E-state index contributed by atoms with van der Waals surface area (Å²) in [5, 5.41) is 5.26. The van der Waals surface area contributed by atoms with E-state index in [4.69, 9.17) is 0 Å². The van der Waals surface area contributed by atoms with E-state index >= 15 is 0 Å². The molecule has 17 heavy (non-hydrogen) atoms. The molecule has 0 aliphatic heterocycles. The molecule has 0 saturated heterocycles. The number of hydrogen-bond donors (Lipinski definition) is 2. The summed E-state index contributed by atoms with van der Waals surface area (Å²) < 4.78 is 2.53. The van der Waals surface area contributed by atoms with E-state index in [1.54, 1.807) is 23.9 Å². The van der Waals surface area contributed by atoms with E-state index in [1.165, 1.54) is 0 Å². The summed E-state index contributed by atoms with van der Waals surface area (Å²) in [6.07, 6.45) is 2.66. The van der Waals surface area contributed by atoms with E-state index in [1.807, 2.05) is 6.92 Å². The van der Waals surface area contributed by atoms with Crippen molar-refractivity contribution in [2.75, 3.05) is 13.1 Å². The predicted octanol–water partition coefficient (Wildman–Crippen LogP) is 1.04. The van der Waals surface area contributed by atoms with Crippen molar-refractivity contribution in [2.45, 2.75) is 13.3 Å². The number of amides is 2. The van der Waals surface area contributed by atoms with Crippen LogP contribution in [0.4, 0.5) is 0 Å². The van der Waals surface area contributed by atoms with Crippen molar-refractivity contribution < 1.29 is 9.59 Å². The molecule has 0 aliphatic carbocycles. The van der Waals surface area contributed by atoms with E-state index in [9.17, 15) is 9.59 Å². The van der Waals surface area contributed by atoms with Gasteiger partial charge in [-0.15, -0.1) is 0 Å². The quantitative estimate of drug-likeness (QED) is 0.854. The van der Waals surface area contributed by atoms with E-state index in [0.29, 0.717) is 12.2 Å². The Hall–Kier alpha value is -1.30. The van der Waals surface area contributed by atoms with Crippen LogP contribution in [0.25, 0.3) is 0 Å². The van der Waals surface area contributed by atoms with Gasteiger partial charge in [-0.05, 0) is 28.4 Å². The fraction of sp³-hybridized carbons (Fsp3) is 0.455. The highest BCUT2D eigenvalue weighted by molar-refractivity contribution is 9.10. The minimum absolute atomic E-state index is 0.00162. The monoisotopic (exact) mass is 301 g/mol. The molecular formula is C11H16BrN3O2. The lowest BCUT2D eigenvalue weighted by Gasteiger charge is -2.06. The second-order valence-corrected chi connectivity index (χ2v) is 4.60. The molecule has 0 spiro atoms. The lowest BCUT2D eigenvalue weighted by molar-refractivity contribution is -0.120. The van der Waals surface area contributed by atoms with Gasteiger partial charge in [0.2, 0.25) is 5.91 Å². The van der Waals surface area contributed by atoms with Crippen LogP contribution >= 0.6 is 15.9 Å². The average molecular weight is 302 g/mol. The van der Waals surface area contributed by atoms with Gasteiger partial charge < -0.3 is 15.2 Å². The smallest absolute Gasteiger partial charge is 0.268 e. The van der Waals surface area contributed by atoms with Crippen molar-refractivity contribution in [3.05, 3.63) is 22.4 Å². The van der Waals surface area contributed by atoms with E-state index in [0.717, 1.165) is 10.9 Å². The standard InChI is InChI=1S/C11H16BrN3O2/c1-3-4-13-10(16)6-14-11(17)9-5-8(12)7-15(9)2/h5,7H,3-4,6H2,1-2H3,(H,13,16)(H,14,17). The van der Waals surface area contributed by atoms with Gasteiger partial charge in [-0.3, -0.25) is 9.59 Å². The van der Waals surface area contributed by atoms with Crippen molar-refractivity contribution in [3.63, 3.8) is 0 Å². The summed E-state index contributed by atoms with van der Waals surface area (Å²) in [4.78, 5) is 23.0. The first-order valence-corrected chi connectivity index (χ1v) is 6.20. The summed E-state index contributed by atoms with van der Waals surface area (Å²) in [7, 11) is 1.77. The summed E-state index contributed by atoms with van der Waals surface area (Å²) in [6, 6.07) is 1.71. The van der Waals surface area contributed by atoms with Crippen molar-refractivity contribution in [3.8, 4) is 0 Å². The average Bonchev–Trinajstić information content (AvgIpc) is 2.62. The molecule has 1 aromatic rings. The summed E-state index contributed by atoms with van der Waals surface area (Å²) >= 11 is 3.29. The maximum atomic E-state index is 11.7. The maximum absolute atomic E-state index is 11.7. The third-order valence-corrected chi connectivity index (χ3v) is 2.62. The van der Waals surface area contributed by atoms with Gasteiger partial charge in [0.05, 0.1) is 6.54 Å². The van der Waals surface area contributed by atoms with Crippen molar-refractivity contribution in [1.29, 1.82) is 0 Å². The van der Waals surface area contributed by atoms with Crippen molar-refractivity contribution >= 4 is 27.7 Å². The van der Waals surface area contributed by atoms with E-state index < -0.39 is 0 Å². The van der Waals surface area contributed by atoms with Crippen molar-refractivity contribution in [2.24, 2.45) is 7.05 Å². The first kappa shape index (κ1) is 13.8. The van der Waals surface area contributed by atoms with Gasteiger partial charge in [0.1, 0.15) is 5.69 Å². The molecule has 2 amide bonds. The topological polar surface area (TPSA) is 63.1 Å². The Morgan fingerprint density at radius 1 is 1.41 bits per heavy atom. The van der Waals surface area contributed by atoms with Crippen molar-refractivity contribution in [1.82, 2.24) is 15.2 Å². The minimum atomic E-state index is -0.259. The SMILES string of the molecule is CCCNC(=O)CNC(=O)c1cc(Br)cn1C. The molecule has 5 nitrogen and oxygen atoms in total. The molecular weight excluding hydrogens is 286 g/mol. The normalized spacial score (nSPS) is 10.1. The molecule has 0 bridgehead atoms. The Morgan fingerprint density at radius 3 is 2.65 bits per heavy atom. The number of halogens is 1. The molecule has 0 aliphatic rings. The third-order valence-electron chi connectivity index (χ3n) is 2.19. The molecule has 0 fully saturated rings. The molecule has 1 rings (SSSR count). The first-order valence-electron chi connectivity index (χ1n) is 5.41. The first-order chi connectivity index (χ1) is 8.04. The second kappa shape index (κ2) is 6.44. The van der Waals surface area contributed by atoms with Crippen LogP contribution < -0.4 is 10.6 Å². The summed E-state index contributed by atoms with van der Waals surface area (Å²) in [5.74, 6) is -0.432. The Labute approximate surface area is 109 Å². The van der Waals surface area contributed by atoms with Crippen LogP contribution in [-0.2, 0) is 11.8 Å². The molecule has 6 heteroatoms. The van der Waals surface area contributed by atoms with Crippen LogP contribution in [0, 0.1) is 0 Å². The molecule has 0 unspecified atom stereocenters. The lowest BCUT2D eigenvalue weighted by atomic mass is 10.4. The van der Waals surface area contributed by atoms with Crippen LogP contribution in [0.15, 0.2) is 16.7 Å². The number of nitrogens with one attached hydrogen (secondary N) is 2. The third kappa shape index (κ3) is 4.22. The number of carbonyl (C=O) groups is 2. The molecule has 94 valence electrons. The van der Waals surface area contributed by atoms with Crippen LogP contribution in [0.3, 0.4) is 0 Å². The molecule has 0 aromatic carbocycles. The van der Waals surface area contributed by atoms with E-state index in [2.05, 4.69) is 26.6 Å². The Balaban J connectivity index is 2.45. The highest BCUT2D eigenvalue weighted by atomic mass is 79.9. The number of hydrogen-bond acceptors (Lipinski definition) is 2. The summed E-state index contributed by atoms with van der Waals surface area (Å²) in [6.45, 7) is 2.60. The fourth-order valence-corrected chi connectivity index (χ4v) is 1.85. The summed E-state index contributed by atoms with van der Waals surface area (Å²) in [5.41, 5.74) is 0.514. The Morgan fingerprint density at radius 2 is 2.12 bits per heavy atom.